The molecule has 128 valence electrons. The van der Waals surface area contributed by atoms with E-state index in [0.29, 0.717) is 6.54 Å². The Morgan fingerprint density at radius 2 is 2.29 bits per heavy atom. The minimum Gasteiger partial charge on any atom is -0.494 e. The minimum atomic E-state index is -0.680. The summed E-state index contributed by atoms with van der Waals surface area (Å²) in [5.74, 6) is -0.571. The fourth-order valence-corrected chi connectivity index (χ4v) is 1.85. The quantitative estimate of drug-likeness (QED) is 0.317. The van der Waals surface area contributed by atoms with Gasteiger partial charge >= 0.3 is 0 Å². The van der Waals surface area contributed by atoms with Gasteiger partial charge in [0.05, 0.1) is 30.4 Å². The summed E-state index contributed by atoms with van der Waals surface area (Å²) in [5.41, 5.74) is -0.133. The fourth-order valence-electron chi connectivity index (χ4n) is 1.85. The summed E-state index contributed by atoms with van der Waals surface area (Å²) in [4.78, 5) is 24.0. The van der Waals surface area contributed by atoms with Crippen molar-refractivity contribution in [3.05, 3.63) is 40.1 Å². The summed E-state index contributed by atoms with van der Waals surface area (Å²) in [6.45, 7) is 2.51. The molecule has 1 rings (SSSR count). The Morgan fingerprint density at radius 1 is 1.58 bits per heavy atom. The van der Waals surface area contributed by atoms with Gasteiger partial charge in [0.25, 0.3) is 11.6 Å². The van der Waals surface area contributed by atoms with Gasteiger partial charge in [-0.3, -0.25) is 14.9 Å². The summed E-state index contributed by atoms with van der Waals surface area (Å²) < 4.78 is 5.03. The van der Waals surface area contributed by atoms with Gasteiger partial charge in [0.2, 0.25) is 0 Å². The van der Waals surface area contributed by atoms with Crippen LogP contribution in [0.15, 0.2) is 30.0 Å². The number of anilines is 1. The van der Waals surface area contributed by atoms with Gasteiger partial charge in [-0.15, -0.1) is 0 Å². The van der Waals surface area contributed by atoms with Gasteiger partial charge < -0.3 is 20.1 Å². The van der Waals surface area contributed by atoms with Crippen molar-refractivity contribution < 1.29 is 19.6 Å². The minimum absolute atomic E-state index is 0.109. The molecule has 24 heavy (non-hydrogen) atoms. The Balaban J connectivity index is 3.02. The highest BCUT2D eigenvalue weighted by atomic mass is 16.6. The summed E-state index contributed by atoms with van der Waals surface area (Å²) >= 11 is 0. The average molecular weight is 334 g/mol. The maximum absolute atomic E-state index is 12.2. The van der Waals surface area contributed by atoms with E-state index in [1.54, 1.807) is 11.0 Å². The highest BCUT2D eigenvalue weighted by molar-refractivity contribution is 6.07. The topological polar surface area (TPSA) is 129 Å². The monoisotopic (exact) mass is 334 g/mol. The number of nitrogens with one attached hydrogen (secondary N) is 1. The molecular weight excluding hydrogens is 316 g/mol. The van der Waals surface area contributed by atoms with Crippen LogP contribution in [0.2, 0.25) is 0 Å². The molecule has 0 radical (unpaired) electrons. The number of nitriles is 1. The molecule has 0 atom stereocenters. The third kappa shape index (κ3) is 4.96. The molecule has 0 heterocycles. The third-order valence-electron chi connectivity index (χ3n) is 3.11. The summed E-state index contributed by atoms with van der Waals surface area (Å²) in [5, 5.41) is 31.3. The number of benzene rings is 1. The van der Waals surface area contributed by atoms with Crippen molar-refractivity contribution in [3.63, 3.8) is 0 Å². The first-order chi connectivity index (χ1) is 11.5. The number of methoxy groups -OCH3 is 1. The lowest BCUT2D eigenvalue weighted by Crippen LogP contribution is -2.23. The molecule has 1 aromatic carbocycles. The first kappa shape index (κ1) is 18.9. The standard InChI is InChI=1S/C15H18N4O5/c1-3-18(6-7-20)10-11(9-16)15(21)17-13-5-4-12(19(22)23)8-14(13)24-2/h4-5,8,10,20H,3,6-7H2,1-2H3,(H,17,21)/b11-10-. The first-order valence-corrected chi connectivity index (χ1v) is 7.07. The zero-order chi connectivity index (χ0) is 18.1. The van der Waals surface area contributed by atoms with Crippen molar-refractivity contribution in [1.29, 1.82) is 5.26 Å². The molecule has 9 nitrogen and oxygen atoms in total. The number of non-ortho nitro benzene ring substituents is 1. The van der Waals surface area contributed by atoms with Gasteiger partial charge in [0, 0.05) is 25.4 Å². The normalized spacial score (nSPS) is 10.7. The molecule has 1 aromatic rings. The molecule has 0 aliphatic heterocycles. The number of nitro benzene ring substituents is 1. The molecule has 0 aliphatic rings. The Bertz CT molecular complexity index is 681. The summed E-state index contributed by atoms with van der Waals surface area (Å²) in [6, 6.07) is 5.51. The summed E-state index contributed by atoms with van der Waals surface area (Å²) in [6.07, 6.45) is 1.35. The number of carbonyl (C=O) groups is 1. The van der Waals surface area contributed by atoms with Crippen LogP contribution >= 0.6 is 0 Å². The molecule has 0 spiro atoms. The Labute approximate surface area is 138 Å². The van der Waals surface area contributed by atoms with E-state index in [9.17, 15) is 14.9 Å². The van der Waals surface area contributed by atoms with Crippen LogP contribution in [0, 0.1) is 21.4 Å². The van der Waals surface area contributed by atoms with Crippen LogP contribution in [-0.4, -0.2) is 47.6 Å². The van der Waals surface area contributed by atoms with Gasteiger partial charge in [-0.1, -0.05) is 0 Å². The molecule has 9 heteroatoms. The number of amides is 1. The molecule has 0 bridgehead atoms. The molecule has 0 aromatic heterocycles. The van der Waals surface area contributed by atoms with Crippen LogP contribution in [0.3, 0.4) is 0 Å². The SMILES string of the molecule is CCN(/C=C(/C#N)C(=O)Nc1ccc([N+](=O)[O-])cc1OC)CCO. The van der Waals surface area contributed by atoms with Crippen molar-refractivity contribution in [2.24, 2.45) is 0 Å². The Kier molecular flexibility index (Phi) is 7.19. The number of ether oxygens (including phenoxy) is 1. The lowest BCUT2D eigenvalue weighted by atomic mass is 10.2. The van der Waals surface area contributed by atoms with Gasteiger partial charge in [-0.2, -0.15) is 5.26 Å². The molecule has 0 aliphatic carbocycles. The number of carbonyl (C=O) groups excluding carboxylic acids is 1. The number of aliphatic hydroxyl groups excluding tert-OH is 1. The number of likely N-dealkylation sites (N-methyl/N-ethyl adjacent to an activating group) is 1. The number of nitro groups is 1. The zero-order valence-corrected chi connectivity index (χ0v) is 13.4. The number of hydrogen-bond donors (Lipinski definition) is 2. The maximum Gasteiger partial charge on any atom is 0.273 e. The largest absolute Gasteiger partial charge is 0.494 e. The van der Waals surface area contributed by atoms with Crippen LogP contribution in [0.4, 0.5) is 11.4 Å². The molecule has 0 saturated heterocycles. The molecule has 0 saturated carbocycles. The molecule has 1 amide bonds. The average Bonchev–Trinajstić information content (AvgIpc) is 2.58. The van der Waals surface area contributed by atoms with Crippen molar-refractivity contribution in [1.82, 2.24) is 4.90 Å². The number of hydrogen-bond acceptors (Lipinski definition) is 7. The zero-order valence-electron chi connectivity index (χ0n) is 13.4. The fraction of sp³-hybridized carbons (Fsp3) is 0.333. The second kappa shape index (κ2) is 9.12. The van der Waals surface area contributed by atoms with Gasteiger partial charge in [0.1, 0.15) is 17.4 Å². The smallest absolute Gasteiger partial charge is 0.273 e. The third-order valence-corrected chi connectivity index (χ3v) is 3.11. The second-order valence-corrected chi connectivity index (χ2v) is 4.60. The predicted molar refractivity (Wildman–Crippen MR) is 86.3 cm³/mol. The van der Waals surface area contributed by atoms with Crippen LogP contribution in [0.5, 0.6) is 5.75 Å². The highest BCUT2D eigenvalue weighted by Gasteiger charge is 2.16. The number of aliphatic hydroxyl groups is 1. The van der Waals surface area contributed by atoms with Crippen molar-refractivity contribution in [2.75, 3.05) is 32.1 Å². The number of rotatable bonds is 8. The van der Waals surface area contributed by atoms with E-state index in [2.05, 4.69) is 5.32 Å². The van der Waals surface area contributed by atoms with E-state index < -0.39 is 10.8 Å². The first-order valence-electron chi connectivity index (χ1n) is 7.07. The summed E-state index contributed by atoms with van der Waals surface area (Å²) in [7, 11) is 1.32. The van der Waals surface area contributed by atoms with Gasteiger partial charge in [-0.25, -0.2) is 0 Å². The van der Waals surface area contributed by atoms with Gasteiger partial charge in [-0.05, 0) is 13.0 Å². The molecule has 0 unspecified atom stereocenters. The van der Waals surface area contributed by atoms with E-state index in [4.69, 9.17) is 15.1 Å². The molecular formula is C15H18N4O5. The van der Waals surface area contributed by atoms with Crippen LogP contribution in [-0.2, 0) is 4.79 Å². The van der Waals surface area contributed by atoms with E-state index in [-0.39, 0.29) is 35.8 Å². The van der Waals surface area contributed by atoms with E-state index in [1.165, 1.54) is 31.5 Å². The van der Waals surface area contributed by atoms with E-state index in [0.717, 1.165) is 0 Å². The van der Waals surface area contributed by atoms with Crippen LogP contribution < -0.4 is 10.1 Å². The van der Waals surface area contributed by atoms with E-state index >= 15 is 0 Å². The predicted octanol–water partition coefficient (Wildman–Crippen LogP) is 1.26. The number of nitrogens with zero attached hydrogens (tertiary/aromatic N) is 3. The Morgan fingerprint density at radius 3 is 2.79 bits per heavy atom. The second-order valence-electron chi connectivity index (χ2n) is 4.60. The molecule has 0 fully saturated rings. The van der Waals surface area contributed by atoms with Crippen LogP contribution in [0.25, 0.3) is 0 Å². The van der Waals surface area contributed by atoms with Crippen molar-refractivity contribution in [2.45, 2.75) is 6.92 Å². The molecule has 2 N–H and O–H groups in total. The maximum atomic E-state index is 12.2. The van der Waals surface area contributed by atoms with Gasteiger partial charge in [0.15, 0.2) is 0 Å². The Hall–Kier alpha value is -3.12. The van der Waals surface area contributed by atoms with Crippen molar-refractivity contribution >= 4 is 17.3 Å². The highest BCUT2D eigenvalue weighted by Crippen LogP contribution is 2.29. The van der Waals surface area contributed by atoms with E-state index in [1.807, 2.05) is 6.92 Å². The lowest BCUT2D eigenvalue weighted by molar-refractivity contribution is -0.384. The van der Waals surface area contributed by atoms with Crippen molar-refractivity contribution in [3.8, 4) is 11.8 Å². The van der Waals surface area contributed by atoms with Crippen LogP contribution in [0.1, 0.15) is 6.92 Å². The lowest BCUT2D eigenvalue weighted by Gasteiger charge is -2.17.